The second-order valence-corrected chi connectivity index (χ2v) is 3.79. The summed E-state index contributed by atoms with van der Waals surface area (Å²) in [6.45, 7) is 0.620. The third-order valence-corrected chi connectivity index (χ3v) is 2.94. The van der Waals surface area contributed by atoms with E-state index in [-0.39, 0.29) is 5.43 Å². The Balaban J connectivity index is 2.57. The normalized spacial score (nSPS) is 13.9. The van der Waals surface area contributed by atoms with E-state index in [4.69, 9.17) is 4.74 Å². The number of rotatable bonds is 0. The molecule has 15 heavy (non-hydrogen) atoms. The Bertz CT molecular complexity index is 598. The maximum atomic E-state index is 12.1. The molecule has 1 aliphatic heterocycles. The second kappa shape index (κ2) is 2.86. The second-order valence-electron chi connectivity index (χ2n) is 3.79. The lowest BCUT2D eigenvalue weighted by Gasteiger charge is -2.10. The van der Waals surface area contributed by atoms with Crippen molar-refractivity contribution in [3.8, 4) is 5.88 Å². The summed E-state index contributed by atoms with van der Waals surface area (Å²) in [5, 5.41) is 0.782. The number of aryl methyl sites for hydroxylation is 1. The molecule has 0 bridgehead atoms. The van der Waals surface area contributed by atoms with Crippen LogP contribution in [0.15, 0.2) is 29.1 Å². The van der Waals surface area contributed by atoms with Crippen LogP contribution in [0.2, 0.25) is 0 Å². The van der Waals surface area contributed by atoms with Crippen LogP contribution in [-0.2, 0) is 13.5 Å². The maximum absolute atomic E-state index is 12.1. The highest BCUT2D eigenvalue weighted by atomic mass is 16.5. The zero-order valence-electron chi connectivity index (χ0n) is 8.49. The number of para-hydroxylation sites is 1. The van der Waals surface area contributed by atoms with E-state index in [2.05, 4.69) is 0 Å². The molecular formula is C12H11NO2. The molecule has 0 aliphatic carbocycles. The quantitative estimate of drug-likeness (QED) is 0.646. The van der Waals surface area contributed by atoms with Crippen LogP contribution in [0.3, 0.4) is 0 Å². The summed E-state index contributed by atoms with van der Waals surface area (Å²) < 4.78 is 7.44. The predicted octanol–water partition coefficient (Wildman–Crippen LogP) is 1.47. The lowest BCUT2D eigenvalue weighted by atomic mass is 10.1. The van der Waals surface area contributed by atoms with Crippen LogP contribution in [0.5, 0.6) is 5.88 Å². The molecule has 3 rings (SSSR count). The highest BCUT2D eigenvalue weighted by Gasteiger charge is 2.20. The molecule has 3 nitrogen and oxygen atoms in total. The Morgan fingerprint density at radius 1 is 1.33 bits per heavy atom. The van der Waals surface area contributed by atoms with Crippen molar-refractivity contribution in [2.75, 3.05) is 6.61 Å². The van der Waals surface area contributed by atoms with E-state index in [1.54, 1.807) is 0 Å². The fourth-order valence-electron chi connectivity index (χ4n) is 2.18. The minimum Gasteiger partial charge on any atom is -0.478 e. The van der Waals surface area contributed by atoms with Crippen molar-refractivity contribution >= 4 is 10.9 Å². The number of aromatic nitrogens is 1. The number of pyridine rings is 1. The molecule has 1 aliphatic rings. The van der Waals surface area contributed by atoms with Gasteiger partial charge in [-0.05, 0) is 12.1 Å². The molecule has 0 unspecified atom stereocenters. The van der Waals surface area contributed by atoms with Gasteiger partial charge in [-0.2, -0.15) is 0 Å². The molecule has 1 aromatic heterocycles. The standard InChI is InChI=1S/C12H11NO2/c1-13-10-5-3-2-4-8(10)11(14)9-6-7-15-12(9)13/h2-5H,6-7H2,1H3. The smallest absolute Gasteiger partial charge is 0.201 e. The van der Waals surface area contributed by atoms with Gasteiger partial charge in [0.2, 0.25) is 5.88 Å². The van der Waals surface area contributed by atoms with Crippen LogP contribution < -0.4 is 10.2 Å². The van der Waals surface area contributed by atoms with E-state index in [1.165, 1.54) is 0 Å². The fraction of sp³-hybridized carbons (Fsp3) is 0.250. The third kappa shape index (κ3) is 1.03. The van der Waals surface area contributed by atoms with Gasteiger partial charge in [0.1, 0.15) is 0 Å². The Morgan fingerprint density at radius 3 is 3.00 bits per heavy atom. The van der Waals surface area contributed by atoms with E-state index in [0.29, 0.717) is 6.61 Å². The van der Waals surface area contributed by atoms with Gasteiger partial charge in [-0.15, -0.1) is 0 Å². The molecule has 2 heterocycles. The van der Waals surface area contributed by atoms with E-state index in [1.807, 2.05) is 35.9 Å². The molecule has 1 aromatic carbocycles. The molecule has 3 heteroatoms. The molecule has 0 saturated heterocycles. The molecule has 0 atom stereocenters. The number of fused-ring (bicyclic) bond motifs is 2. The van der Waals surface area contributed by atoms with Gasteiger partial charge < -0.3 is 9.30 Å². The topological polar surface area (TPSA) is 31.2 Å². The first-order chi connectivity index (χ1) is 7.29. The Labute approximate surface area is 86.9 Å². The van der Waals surface area contributed by atoms with Gasteiger partial charge in [0.25, 0.3) is 0 Å². The Kier molecular flexibility index (Phi) is 1.63. The molecule has 0 N–H and O–H groups in total. The van der Waals surface area contributed by atoms with Crippen molar-refractivity contribution < 1.29 is 4.74 Å². The first kappa shape index (κ1) is 8.53. The van der Waals surface area contributed by atoms with Crippen molar-refractivity contribution in [3.05, 3.63) is 40.1 Å². The largest absolute Gasteiger partial charge is 0.478 e. The van der Waals surface area contributed by atoms with Gasteiger partial charge in [0.15, 0.2) is 5.43 Å². The van der Waals surface area contributed by atoms with Crippen molar-refractivity contribution in [2.24, 2.45) is 7.05 Å². The summed E-state index contributed by atoms with van der Waals surface area (Å²) in [5.41, 5.74) is 1.87. The number of hydrogen-bond acceptors (Lipinski definition) is 2. The minimum absolute atomic E-state index is 0.121. The maximum Gasteiger partial charge on any atom is 0.201 e. The van der Waals surface area contributed by atoms with Crippen molar-refractivity contribution in [3.63, 3.8) is 0 Å². The predicted molar refractivity (Wildman–Crippen MR) is 58.4 cm³/mol. The van der Waals surface area contributed by atoms with E-state index in [0.717, 1.165) is 28.8 Å². The molecule has 2 aromatic rings. The lowest BCUT2D eigenvalue weighted by molar-refractivity contribution is 0.333. The van der Waals surface area contributed by atoms with Crippen LogP contribution in [0, 0.1) is 0 Å². The fourth-order valence-corrected chi connectivity index (χ4v) is 2.18. The average molecular weight is 201 g/mol. The van der Waals surface area contributed by atoms with Crippen molar-refractivity contribution in [1.29, 1.82) is 0 Å². The van der Waals surface area contributed by atoms with Gasteiger partial charge >= 0.3 is 0 Å². The Morgan fingerprint density at radius 2 is 2.13 bits per heavy atom. The van der Waals surface area contributed by atoms with E-state index >= 15 is 0 Å². The highest BCUT2D eigenvalue weighted by Crippen LogP contribution is 2.25. The van der Waals surface area contributed by atoms with E-state index < -0.39 is 0 Å². The summed E-state index contributed by atoms with van der Waals surface area (Å²) in [6, 6.07) is 7.64. The SMILES string of the molecule is Cn1c2c(c(=O)c3ccccc31)CCO2. The average Bonchev–Trinajstić information content (AvgIpc) is 2.75. The van der Waals surface area contributed by atoms with Crippen molar-refractivity contribution in [1.82, 2.24) is 4.57 Å². The van der Waals surface area contributed by atoms with Gasteiger partial charge in [-0.3, -0.25) is 4.79 Å². The van der Waals surface area contributed by atoms with Crippen molar-refractivity contribution in [2.45, 2.75) is 6.42 Å². The van der Waals surface area contributed by atoms with Gasteiger partial charge in [-0.1, -0.05) is 12.1 Å². The molecule has 0 spiro atoms. The van der Waals surface area contributed by atoms with Gasteiger partial charge in [0, 0.05) is 18.9 Å². The van der Waals surface area contributed by atoms with Gasteiger partial charge in [-0.25, -0.2) is 0 Å². The number of ether oxygens (including phenoxy) is 1. The molecule has 0 amide bonds. The first-order valence-electron chi connectivity index (χ1n) is 5.02. The summed E-state index contributed by atoms with van der Waals surface area (Å²) in [5.74, 6) is 0.735. The number of benzene rings is 1. The monoisotopic (exact) mass is 201 g/mol. The lowest BCUT2D eigenvalue weighted by Crippen LogP contribution is -2.11. The summed E-state index contributed by atoms with van der Waals surface area (Å²) >= 11 is 0. The van der Waals surface area contributed by atoms with E-state index in [9.17, 15) is 4.79 Å². The third-order valence-electron chi connectivity index (χ3n) is 2.94. The molecular weight excluding hydrogens is 190 g/mol. The van der Waals surface area contributed by atoms with Crippen LogP contribution in [0.4, 0.5) is 0 Å². The minimum atomic E-state index is 0.121. The highest BCUT2D eigenvalue weighted by molar-refractivity contribution is 5.80. The van der Waals surface area contributed by atoms with Crippen LogP contribution in [0.25, 0.3) is 10.9 Å². The summed E-state index contributed by atoms with van der Waals surface area (Å²) in [4.78, 5) is 12.1. The molecule has 0 fully saturated rings. The van der Waals surface area contributed by atoms with Crippen LogP contribution >= 0.6 is 0 Å². The van der Waals surface area contributed by atoms with Crippen LogP contribution in [0.1, 0.15) is 5.56 Å². The molecule has 76 valence electrons. The zero-order chi connectivity index (χ0) is 10.4. The number of hydrogen-bond donors (Lipinski definition) is 0. The first-order valence-corrected chi connectivity index (χ1v) is 5.02. The van der Waals surface area contributed by atoms with Gasteiger partial charge in [0.05, 0.1) is 17.7 Å². The summed E-state index contributed by atoms with van der Waals surface area (Å²) in [6.07, 6.45) is 0.729. The zero-order valence-corrected chi connectivity index (χ0v) is 8.49. The Hall–Kier alpha value is -1.77. The van der Waals surface area contributed by atoms with Crippen LogP contribution in [-0.4, -0.2) is 11.2 Å². The molecule has 0 saturated carbocycles. The summed E-state index contributed by atoms with van der Waals surface area (Å²) in [7, 11) is 1.94. The number of nitrogens with zero attached hydrogens (tertiary/aromatic N) is 1. The molecule has 0 radical (unpaired) electrons.